The van der Waals surface area contributed by atoms with Crippen LogP contribution >= 0.6 is 11.3 Å². The van der Waals surface area contributed by atoms with Gasteiger partial charge in [-0.1, -0.05) is 6.07 Å². The van der Waals surface area contributed by atoms with Crippen LogP contribution in [0.4, 0.5) is 11.6 Å². The van der Waals surface area contributed by atoms with E-state index in [4.69, 9.17) is 19.9 Å². The maximum Gasteiger partial charge on any atom is 0.262 e. The quantitative estimate of drug-likeness (QED) is 0.208. The molecule has 0 bridgehead atoms. The number of aryl methyl sites for hydroxylation is 1. The highest BCUT2D eigenvalue weighted by molar-refractivity contribution is 7.15. The van der Waals surface area contributed by atoms with Gasteiger partial charge in [0.2, 0.25) is 5.43 Å². The molecule has 46 heavy (non-hydrogen) atoms. The molecule has 0 aliphatic carbocycles. The van der Waals surface area contributed by atoms with Gasteiger partial charge in [0.05, 0.1) is 25.5 Å². The fraction of sp³-hybridized carbons (Fsp3) is 0.265. The van der Waals surface area contributed by atoms with Crippen LogP contribution in [0.25, 0.3) is 32.8 Å². The smallest absolute Gasteiger partial charge is 0.262 e. The zero-order valence-corrected chi connectivity index (χ0v) is 26.6. The van der Waals surface area contributed by atoms with E-state index in [1.807, 2.05) is 54.1 Å². The predicted octanol–water partition coefficient (Wildman–Crippen LogP) is 5.68. The van der Waals surface area contributed by atoms with Crippen LogP contribution in [0, 0.1) is 12.8 Å². The molecule has 0 saturated carbocycles. The van der Waals surface area contributed by atoms with Crippen molar-refractivity contribution in [3.8, 4) is 44.3 Å². The minimum atomic E-state index is -0.556. The van der Waals surface area contributed by atoms with Crippen molar-refractivity contribution in [1.82, 2.24) is 19.7 Å². The lowest BCUT2D eigenvalue weighted by Gasteiger charge is -2.23. The highest BCUT2D eigenvalue weighted by atomic mass is 32.1. The molecule has 0 radical (unpaired) electrons. The van der Waals surface area contributed by atoms with Crippen LogP contribution in [-0.4, -0.2) is 53.1 Å². The van der Waals surface area contributed by atoms with Gasteiger partial charge < -0.3 is 29.8 Å². The van der Waals surface area contributed by atoms with Crippen LogP contribution < -0.4 is 26.0 Å². The van der Waals surface area contributed by atoms with Crippen LogP contribution in [0.1, 0.15) is 28.1 Å². The van der Waals surface area contributed by atoms with Crippen molar-refractivity contribution in [3.05, 3.63) is 87.8 Å². The lowest BCUT2D eigenvalue weighted by molar-refractivity contribution is 0.0612. The minimum Gasteiger partial charge on any atom is -0.493 e. The molecule has 4 aromatic heterocycles. The summed E-state index contributed by atoms with van der Waals surface area (Å²) in [5, 5.41) is 11.3. The number of aromatic nitrogens is 4. The van der Waals surface area contributed by atoms with Crippen LogP contribution in [0.3, 0.4) is 0 Å². The van der Waals surface area contributed by atoms with Gasteiger partial charge in [0.15, 0.2) is 17.3 Å². The van der Waals surface area contributed by atoms with Crippen LogP contribution in [0.5, 0.6) is 11.5 Å². The normalized spacial score (nSPS) is 13.4. The molecule has 11 nitrogen and oxygen atoms in total. The number of nitrogens with zero attached hydrogens (tertiary/aromatic N) is 4. The largest absolute Gasteiger partial charge is 0.493 e. The number of nitrogens with two attached hydrogens (primary N) is 1. The summed E-state index contributed by atoms with van der Waals surface area (Å²) in [4.78, 5) is 33.4. The maximum absolute atomic E-state index is 13.6. The summed E-state index contributed by atoms with van der Waals surface area (Å²) in [5.41, 5.74) is 9.12. The molecule has 0 spiro atoms. The van der Waals surface area contributed by atoms with Crippen molar-refractivity contribution in [2.24, 2.45) is 5.92 Å². The summed E-state index contributed by atoms with van der Waals surface area (Å²) >= 11 is 1.52. The number of hydrogen-bond donors (Lipinski definition) is 2. The van der Waals surface area contributed by atoms with Gasteiger partial charge in [-0.2, -0.15) is 0 Å². The number of hydrogen-bond acceptors (Lipinski definition) is 10. The van der Waals surface area contributed by atoms with E-state index >= 15 is 0 Å². The summed E-state index contributed by atoms with van der Waals surface area (Å²) in [6, 6.07) is 14.6. The molecule has 3 N–H and O–H groups in total. The number of pyridine rings is 2. The minimum absolute atomic E-state index is 0.0394. The molecule has 6 rings (SSSR count). The van der Waals surface area contributed by atoms with Gasteiger partial charge in [0, 0.05) is 59.2 Å². The number of carbonyl (C=O) groups excluding carboxylic acids is 1. The van der Waals surface area contributed by atoms with E-state index in [0.29, 0.717) is 54.0 Å². The van der Waals surface area contributed by atoms with Gasteiger partial charge in [-0.25, -0.2) is 4.98 Å². The van der Waals surface area contributed by atoms with Gasteiger partial charge in [-0.3, -0.25) is 9.59 Å². The molecule has 12 heteroatoms. The molecule has 1 amide bonds. The SMILES string of the molecule is COc1ccc(-c2cnc(N)c(-c3ccc(NC(=O)c4cn(CC5CCOCC5)cc(-c5ccc(C)s5)c4=O)nn3)c2)cc1OC. The van der Waals surface area contributed by atoms with Crippen molar-refractivity contribution < 1.29 is 19.0 Å². The molecule has 0 atom stereocenters. The Hall–Kier alpha value is -5.07. The van der Waals surface area contributed by atoms with Crippen LogP contribution in [0.15, 0.2) is 71.9 Å². The zero-order chi connectivity index (χ0) is 32.2. The molecule has 1 fully saturated rings. The summed E-state index contributed by atoms with van der Waals surface area (Å²) < 4.78 is 18.2. The Balaban J connectivity index is 1.26. The highest BCUT2D eigenvalue weighted by Gasteiger charge is 2.21. The summed E-state index contributed by atoms with van der Waals surface area (Å²) in [6.07, 6.45) is 7.01. The number of amides is 1. The fourth-order valence-corrected chi connectivity index (χ4v) is 6.34. The second-order valence-corrected chi connectivity index (χ2v) is 12.3. The first kappa shape index (κ1) is 30.9. The summed E-state index contributed by atoms with van der Waals surface area (Å²) in [6.45, 7) is 4.11. The fourth-order valence-electron chi connectivity index (χ4n) is 5.46. The van der Waals surface area contributed by atoms with E-state index in [1.165, 1.54) is 11.3 Å². The van der Waals surface area contributed by atoms with Crippen LogP contribution in [-0.2, 0) is 11.3 Å². The van der Waals surface area contributed by atoms with E-state index in [1.54, 1.807) is 38.7 Å². The Kier molecular flexibility index (Phi) is 9.08. The number of ether oxygens (including phenoxy) is 3. The highest BCUT2D eigenvalue weighted by Crippen LogP contribution is 2.34. The molecule has 5 aromatic rings. The Morgan fingerprint density at radius 1 is 1.00 bits per heavy atom. The Morgan fingerprint density at radius 3 is 2.50 bits per heavy atom. The predicted molar refractivity (Wildman–Crippen MR) is 178 cm³/mol. The molecular formula is C34H34N6O5S. The second-order valence-electron chi connectivity index (χ2n) is 11.1. The van der Waals surface area contributed by atoms with Gasteiger partial charge in [-0.15, -0.1) is 21.5 Å². The third-order valence-corrected chi connectivity index (χ3v) is 8.99. The average molecular weight is 639 g/mol. The number of nitrogens with one attached hydrogen (secondary N) is 1. The van der Waals surface area contributed by atoms with Gasteiger partial charge in [0.25, 0.3) is 5.91 Å². The Bertz CT molecular complexity index is 1930. The van der Waals surface area contributed by atoms with E-state index in [-0.39, 0.29) is 22.6 Å². The molecule has 1 saturated heterocycles. The number of anilines is 2. The topological polar surface area (TPSA) is 143 Å². The lowest BCUT2D eigenvalue weighted by Crippen LogP contribution is -2.27. The lowest BCUT2D eigenvalue weighted by atomic mass is 10.00. The standard InChI is InChI=1S/C34H34N6O5S/c1-20-4-8-30(46-20)25-18-40(17-21-10-12-45-13-11-21)19-26(32(25)41)34(42)37-31-9-6-27(38-39-31)24-14-23(16-36-33(24)35)22-5-7-28(43-2)29(15-22)44-3/h4-9,14-16,18-19,21H,10-13,17H2,1-3H3,(H2,35,36)(H,37,39,42). The summed E-state index contributed by atoms with van der Waals surface area (Å²) in [5.74, 6) is 1.52. The monoisotopic (exact) mass is 638 g/mol. The van der Waals surface area contributed by atoms with E-state index in [2.05, 4.69) is 20.5 Å². The number of carbonyl (C=O) groups is 1. The molecule has 1 aliphatic heterocycles. The molecule has 0 unspecified atom stereocenters. The summed E-state index contributed by atoms with van der Waals surface area (Å²) in [7, 11) is 3.16. The zero-order valence-electron chi connectivity index (χ0n) is 25.8. The van der Waals surface area contributed by atoms with E-state index in [0.717, 1.165) is 33.7 Å². The van der Waals surface area contributed by atoms with Gasteiger partial charge in [0.1, 0.15) is 11.4 Å². The van der Waals surface area contributed by atoms with Crippen molar-refractivity contribution in [2.75, 3.05) is 38.5 Å². The van der Waals surface area contributed by atoms with Gasteiger partial charge in [-0.05, 0) is 73.7 Å². The van der Waals surface area contributed by atoms with Crippen molar-refractivity contribution in [3.63, 3.8) is 0 Å². The number of nitrogen functional groups attached to an aromatic ring is 1. The molecule has 236 valence electrons. The number of methoxy groups -OCH3 is 2. The first-order valence-electron chi connectivity index (χ1n) is 14.8. The first-order chi connectivity index (χ1) is 22.3. The Morgan fingerprint density at radius 2 is 1.80 bits per heavy atom. The number of benzene rings is 1. The molecule has 1 aromatic carbocycles. The maximum atomic E-state index is 13.6. The molecule has 5 heterocycles. The van der Waals surface area contributed by atoms with Crippen molar-refractivity contribution in [2.45, 2.75) is 26.3 Å². The first-order valence-corrected chi connectivity index (χ1v) is 15.7. The van der Waals surface area contributed by atoms with Crippen molar-refractivity contribution in [1.29, 1.82) is 0 Å². The third kappa shape index (κ3) is 6.63. The molecular weight excluding hydrogens is 604 g/mol. The third-order valence-electron chi connectivity index (χ3n) is 7.96. The van der Waals surface area contributed by atoms with Crippen molar-refractivity contribution >= 4 is 28.9 Å². The second kappa shape index (κ2) is 13.5. The average Bonchev–Trinajstić information content (AvgIpc) is 3.52. The van der Waals surface area contributed by atoms with Gasteiger partial charge >= 0.3 is 0 Å². The molecule has 1 aliphatic rings. The van der Waals surface area contributed by atoms with E-state index in [9.17, 15) is 9.59 Å². The number of thiophene rings is 1. The van der Waals surface area contributed by atoms with E-state index < -0.39 is 5.91 Å². The number of rotatable bonds is 9. The van der Waals surface area contributed by atoms with Crippen LogP contribution in [0.2, 0.25) is 0 Å². The Labute approximate surface area is 270 Å².